The highest BCUT2D eigenvalue weighted by molar-refractivity contribution is 5.78. The minimum Gasteiger partial charge on any atom is -0.507 e. The minimum absolute atomic E-state index is 0.0132. The molecule has 0 radical (unpaired) electrons. The van der Waals surface area contributed by atoms with Crippen molar-refractivity contribution in [2.75, 3.05) is 6.54 Å². The van der Waals surface area contributed by atoms with Gasteiger partial charge in [0.05, 0.1) is 29.7 Å². The molecule has 3 heterocycles. The molecule has 1 saturated heterocycles. The van der Waals surface area contributed by atoms with Crippen LogP contribution in [0.1, 0.15) is 43.9 Å². The number of aryl methyl sites for hydroxylation is 1. The lowest BCUT2D eigenvalue weighted by atomic mass is 10.0. The third-order valence-electron chi connectivity index (χ3n) is 5.56. The van der Waals surface area contributed by atoms with Gasteiger partial charge in [-0.15, -0.1) is 0 Å². The molecule has 10 heteroatoms. The molecule has 31 heavy (non-hydrogen) atoms. The Hall–Kier alpha value is -3.17. The molecule has 0 unspecified atom stereocenters. The lowest BCUT2D eigenvalue weighted by Gasteiger charge is -2.35. The van der Waals surface area contributed by atoms with Crippen LogP contribution in [0.25, 0.3) is 22.4 Å². The van der Waals surface area contributed by atoms with Crippen molar-refractivity contribution in [1.29, 1.82) is 0 Å². The van der Waals surface area contributed by atoms with E-state index in [0.717, 1.165) is 6.07 Å². The standard InChI is InChI=1S/C21H22F3N5O2/c1-11(2)28-9-14(4-5-18(28)31)29-10-16-20(27-29)26-15(8-25-16)19-12(3)6-13(7-17(19)30)21(22,23)24/h6-8,10-11,14,30H,4-5,9H2,1-3H3/t14-/m1/s1. The molecule has 1 N–H and O–H groups in total. The Morgan fingerprint density at radius 1 is 1.26 bits per heavy atom. The van der Waals surface area contributed by atoms with Crippen molar-refractivity contribution in [3.05, 3.63) is 35.7 Å². The number of rotatable bonds is 3. The van der Waals surface area contributed by atoms with Crippen LogP contribution in [-0.4, -0.2) is 48.2 Å². The number of carbonyl (C=O) groups is 1. The first-order valence-electron chi connectivity index (χ1n) is 9.97. The first-order chi connectivity index (χ1) is 14.5. The number of nitrogens with zero attached hydrogens (tertiary/aromatic N) is 5. The Bertz CT molecular complexity index is 1130. The topological polar surface area (TPSA) is 84.1 Å². The fourth-order valence-electron chi connectivity index (χ4n) is 3.96. The van der Waals surface area contributed by atoms with Gasteiger partial charge in [-0.25, -0.2) is 9.97 Å². The molecular formula is C21H22F3N5O2. The van der Waals surface area contributed by atoms with Crippen molar-refractivity contribution in [2.24, 2.45) is 0 Å². The number of hydrogen-bond acceptors (Lipinski definition) is 5. The zero-order chi connectivity index (χ0) is 22.5. The summed E-state index contributed by atoms with van der Waals surface area (Å²) in [5.41, 5.74) is 0.588. The van der Waals surface area contributed by atoms with Crippen LogP contribution in [0.2, 0.25) is 0 Å². The molecule has 1 fully saturated rings. The number of phenolic OH excluding ortho intramolecular Hbond substituents is 1. The average molecular weight is 433 g/mol. The van der Waals surface area contributed by atoms with Gasteiger partial charge in [-0.2, -0.15) is 18.3 Å². The second-order valence-corrected chi connectivity index (χ2v) is 8.09. The normalized spacial score (nSPS) is 17.7. The van der Waals surface area contributed by atoms with E-state index in [1.54, 1.807) is 10.9 Å². The first-order valence-corrected chi connectivity index (χ1v) is 9.97. The van der Waals surface area contributed by atoms with Crippen molar-refractivity contribution in [3.63, 3.8) is 0 Å². The van der Waals surface area contributed by atoms with E-state index in [0.29, 0.717) is 36.6 Å². The summed E-state index contributed by atoms with van der Waals surface area (Å²) in [5, 5.41) is 14.7. The number of carbonyl (C=O) groups excluding carboxylic acids is 1. The number of phenols is 1. The summed E-state index contributed by atoms with van der Waals surface area (Å²) >= 11 is 0. The molecule has 0 bridgehead atoms. The molecule has 0 spiro atoms. The maximum atomic E-state index is 13.0. The van der Waals surface area contributed by atoms with Crippen LogP contribution in [-0.2, 0) is 11.0 Å². The number of benzene rings is 1. The first kappa shape index (κ1) is 21.1. The smallest absolute Gasteiger partial charge is 0.416 e. The summed E-state index contributed by atoms with van der Waals surface area (Å²) in [5.74, 6) is -0.395. The summed E-state index contributed by atoms with van der Waals surface area (Å²) in [7, 11) is 0. The maximum absolute atomic E-state index is 13.0. The number of piperidine rings is 1. The molecular weight excluding hydrogens is 411 g/mol. The van der Waals surface area contributed by atoms with E-state index in [1.165, 1.54) is 13.1 Å². The number of fused-ring (bicyclic) bond motifs is 1. The van der Waals surface area contributed by atoms with Crippen LogP contribution in [0.3, 0.4) is 0 Å². The Kier molecular flexibility index (Phi) is 5.10. The quantitative estimate of drug-likeness (QED) is 0.672. The van der Waals surface area contributed by atoms with Crippen LogP contribution in [0.4, 0.5) is 13.2 Å². The molecule has 164 valence electrons. The predicted molar refractivity (Wildman–Crippen MR) is 107 cm³/mol. The molecule has 1 atom stereocenters. The van der Waals surface area contributed by atoms with Crippen molar-refractivity contribution in [2.45, 2.75) is 51.9 Å². The molecule has 7 nitrogen and oxygen atoms in total. The Labute approximate surface area is 176 Å². The van der Waals surface area contributed by atoms with Gasteiger partial charge in [0.1, 0.15) is 11.3 Å². The molecule has 4 rings (SSSR count). The van der Waals surface area contributed by atoms with E-state index >= 15 is 0 Å². The van der Waals surface area contributed by atoms with E-state index in [4.69, 9.17) is 0 Å². The number of likely N-dealkylation sites (tertiary alicyclic amines) is 1. The summed E-state index contributed by atoms with van der Waals surface area (Å²) < 4.78 is 40.7. The molecule has 0 saturated carbocycles. The third-order valence-corrected chi connectivity index (χ3v) is 5.56. The maximum Gasteiger partial charge on any atom is 0.416 e. The molecule has 1 amide bonds. The van der Waals surface area contributed by atoms with Crippen molar-refractivity contribution in [3.8, 4) is 17.0 Å². The van der Waals surface area contributed by atoms with Crippen LogP contribution >= 0.6 is 0 Å². The van der Waals surface area contributed by atoms with E-state index in [-0.39, 0.29) is 34.8 Å². The summed E-state index contributed by atoms with van der Waals surface area (Å²) in [6, 6.07) is 1.74. The van der Waals surface area contributed by atoms with Gasteiger partial charge in [0.2, 0.25) is 5.91 Å². The average Bonchev–Trinajstić information content (AvgIpc) is 3.10. The Morgan fingerprint density at radius 3 is 2.65 bits per heavy atom. The van der Waals surface area contributed by atoms with E-state index in [2.05, 4.69) is 15.1 Å². The van der Waals surface area contributed by atoms with Gasteiger partial charge in [-0.05, 0) is 44.9 Å². The molecule has 3 aromatic rings. The highest BCUT2D eigenvalue weighted by Gasteiger charge is 2.32. The summed E-state index contributed by atoms with van der Waals surface area (Å²) in [6.45, 7) is 5.95. The van der Waals surface area contributed by atoms with Crippen molar-refractivity contribution in [1.82, 2.24) is 24.6 Å². The highest BCUT2D eigenvalue weighted by Crippen LogP contribution is 2.38. The molecule has 1 aliphatic rings. The van der Waals surface area contributed by atoms with E-state index < -0.39 is 17.5 Å². The van der Waals surface area contributed by atoms with Crippen LogP contribution in [0.5, 0.6) is 5.75 Å². The Morgan fingerprint density at radius 2 is 2.00 bits per heavy atom. The molecule has 2 aromatic heterocycles. The number of aromatic hydroxyl groups is 1. The van der Waals surface area contributed by atoms with Gasteiger partial charge in [0, 0.05) is 24.6 Å². The van der Waals surface area contributed by atoms with E-state index in [1.807, 2.05) is 18.7 Å². The molecule has 1 aromatic carbocycles. The van der Waals surface area contributed by atoms with Crippen LogP contribution in [0, 0.1) is 6.92 Å². The number of alkyl halides is 3. The van der Waals surface area contributed by atoms with Gasteiger partial charge in [0.25, 0.3) is 0 Å². The van der Waals surface area contributed by atoms with Gasteiger partial charge in [-0.1, -0.05) is 0 Å². The largest absolute Gasteiger partial charge is 0.507 e. The van der Waals surface area contributed by atoms with E-state index in [9.17, 15) is 23.1 Å². The van der Waals surface area contributed by atoms with Crippen molar-refractivity contribution >= 4 is 17.1 Å². The highest BCUT2D eigenvalue weighted by atomic mass is 19.4. The third kappa shape index (κ3) is 3.94. The minimum atomic E-state index is -4.56. The van der Waals surface area contributed by atoms with Gasteiger partial charge >= 0.3 is 6.18 Å². The zero-order valence-corrected chi connectivity index (χ0v) is 17.3. The predicted octanol–water partition coefficient (Wildman–Crippen LogP) is 4.10. The lowest BCUT2D eigenvalue weighted by molar-refractivity contribution is -0.138. The van der Waals surface area contributed by atoms with Gasteiger partial charge in [-0.3, -0.25) is 9.48 Å². The van der Waals surface area contributed by atoms with Crippen LogP contribution < -0.4 is 0 Å². The lowest BCUT2D eigenvalue weighted by Crippen LogP contribution is -2.44. The zero-order valence-electron chi connectivity index (χ0n) is 17.3. The summed E-state index contributed by atoms with van der Waals surface area (Å²) in [4.78, 5) is 22.7. The van der Waals surface area contributed by atoms with Gasteiger partial charge < -0.3 is 10.0 Å². The number of amides is 1. The van der Waals surface area contributed by atoms with Gasteiger partial charge in [0.15, 0.2) is 5.65 Å². The number of halogens is 3. The second-order valence-electron chi connectivity index (χ2n) is 8.09. The molecule has 0 aliphatic carbocycles. The monoisotopic (exact) mass is 433 g/mol. The van der Waals surface area contributed by atoms with Crippen molar-refractivity contribution < 1.29 is 23.1 Å². The number of hydrogen-bond donors (Lipinski definition) is 1. The second kappa shape index (κ2) is 7.51. The Balaban J connectivity index is 1.68. The fourth-order valence-corrected chi connectivity index (χ4v) is 3.96. The summed E-state index contributed by atoms with van der Waals surface area (Å²) in [6.07, 6.45) is -0.301. The van der Waals surface area contributed by atoms with Crippen LogP contribution in [0.15, 0.2) is 24.5 Å². The fraction of sp³-hybridized carbons (Fsp3) is 0.429. The molecule has 1 aliphatic heterocycles. The number of aromatic nitrogens is 4. The SMILES string of the molecule is Cc1cc(C(F)(F)F)cc(O)c1-c1cnc2cn([C@@H]3CCC(=O)N(C(C)C)C3)nc2n1.